The van der Waals surface area contributed by atoms with Crippen LogP contribution in [0.4, 0.5) is 11.6 Å². The number of hydrogen-bond acceptors (Lipinski definition) is 4. The Bertz CT molecular complexity index is 1230. The fourth-order valence-corrected chi connectivity index (χ4v) is 3.42. The van der Waals surface area contributed by atoms with Crippen LogP contribution in [0.25, 0.3) is 22.5 Å². The van der Waals surface area contributed by atoms with Gasteiger partial charge in [-0.25, -0.2) is 9.97 Å². The number of amides is 1. The van der Waals surface area contributed by atoms with Crippen molar-refractivity contribution in [2.24, 2.45) is 0 Å². The Morgan fingerprint density at radius 2 is 1.44 bits per heavy atom. The molecule has 160 valence electrons. The van der Waals surface area contributed by atoms with Crippen LogP contribution in [0.2, 0.25) is 0 Å². The summed E-state index contributed by atoms with van der Waals surface area (Å²) < 4.78 is 0. The van der Waals surface area contributed by atoms with Crippen molar-refractivity contribution < 1.29 is 4.79 Å². The van der Waals surface area contributed by atoms with Gasteiger partial charge in [0.05, 0.1) is 17.9 Å². The maximum absolute atomic E-state index is 12.7. The van der Waals surface area contributed by atoms with E-state index in [-0.39, 0.29) is 18.4 Å². The lowest BCUT2D eigenvalue weighted by Crippen LogP contribution is -2.23. The van der Waals surface area contributed by atoms with Gasteiger partial charge in [0.2, 0.25) is 11.9 Å². The van der Waals surface area contributed by atoms with Gasteiger partial charge in [-0.3, -0.25) is 10.1 Å². The van der Waals surface area contributed by atoms with Gasteiger partial charge >= 0.3 is 0 Å². The van der Waals surface area contributed by atoms with E-state index in [9.17, 15) is 4.79 Å². The Hall–Kier alpha value is -3.99. The second kappa shape index (κ2) is 9.43. The van der Waals surface area contributed by atoms with Crippen LogP contribution in [0.3, 0.4) is 0 Å². The molecular weight excluding hydrogens is 396 g/mol. The van der Waals surface area contributed by atoms with Gasteiger partial charge in [0.1, 0.15) is 0 Å². The van der Waals surface area contributed by atoms with E-state index >= 15 is 0 Å². The Balaban J connectivity index is 1.59. The molecule has 1 amide bonds. The summed E-state index contributed by atoms with van der Waals surface area (Å²) in [5.74, 6) is 0.0840. The molecular formula is C27H26N4O. The van der Waals surface area contributed by atoms with E-state index in [1.54, 1.807) is 0 Å². The normalized spacial score (nSPS) is 10.6. The lowest BCUT2D eigenvalue weighted by Gasteiger charge is -2.12. The SMILES string of the molecule is Cc1ccc(-c2cc(-c3ccccc3)nc(NC(=O)CNc3cccc(C)c3C)n2)cc1. The molecule has 0 saturated carbocycles. The number of carbonyl (C=O) groups is 1. The zero-order valence-corrected chi connectivity index (χ0v) is 18.5. The summed E-state index contributed by atoms with van der Waals surface area (Å²) in [7, 11) is 0. The van der Waals surface area contributed by atoms with Crippen LogP contribution >= 0.6 is 0 Å². The van der Waals surface area contributed by atoms with Crippen molar-refractivity contribution in [3.05, 3.63) is 95.6 Å². The van der Waals surface area contributed by atoms with Crippen molar-refractivity contribution in [1.82, 2.24) is 9.97 Å². The summed E-state index contributed by atoms with van der Waals surface area (Å²) in [5, 5.41) is 6.06. The van der Waals surface area contributed by atoms with E-state index in [2.05, 4.69) is 33.6 Å². The first-order valence-electron chi connectivity index (χ1n) is 10.6. The Morgan fingerprint density at radius 3 is 2.12 bits per heavy atom. The molecule has 4 aromatic rings. The second-order valence-electron chi connectivity index (χ2n) is 7.84. The average Bonchev–Trinajstić information content (AvgIpc) is 2.81. The van der Waals surface area contributed by atoms with E-state index in [0.29, 0.717) is 0 Å². The monoisotopic (exact) mass is 422 g/mol. The molecule has 5 nitrogen and oxygen atoms in total. The molecule has 3 aromatic carbocycles. The molecule has 32 heavy (non-hydrogen) atoms. The standard InChI is InChI=1S/C27H26N4O/c1-18-12-14-22(15-13-18)25-16-24(21-9-5-4-6-10-21)29-27(30-25)31-26(32)17-28-23-11-7-8-19(2)20(23)3/h4-16,28H,17H2,1-3H3,(H,29,30,31,32). The number of hydrogen-bond donors (Lipinski definition) is 2. The minimum Gasteiger partial charge on any atom is -0.376 e. The molecule has 1 heterocycles. The highest BCUT2D eigenvalue weighted by Gasteiger charge is 2.12. The van der Waals surface area contributed by atoms with Crippen LogP contribution in [0.5, 0.6) is 0 Å². The maximum Gasteiger partial charge on any atom is 0.246 e. The van der Waals surface area contributed by atoms with Crippen LogP contribution in [-0.4, -0.2) is 22.4 Å². The second-order valence-corrected chi connectivity index (χ2v) is 7.84. The molecule has 0 radical (unpaired) electrons. The number of aryl methyl sites for hydroxylation is 2. The molecule has 0 fully saturated rings. The van der Waals surface area contributed by atoms with Gasteiger partial charge in [-0.05, 0) is 44.0 Å². The number of carbonyl (C=O) groups excluding carboxylic acids is 1. The average molecular weight is 423 g/mol. The van der Waals surface area contributed by atoms with Crippen LogP contribution in [0, 0.1) is 20.8 Å². The van der Waals surface area contributed by atoms with Gasteiger partial charge < -0.3 is 5.32 Å². The quantitative estimate of drug-likeness (QED) is 0.413. The van der Waals surface area contributed by atoms with E-state index in [1.165, 1.54) is 11.1 Å². The molecule has 2 N–H and O–H groups in total. The van der Waals surface area contributed by atoms with Gasteiger partial charge in [-0.2, -0.15) is 0 Å². The van der Waals surface area contributed by atoms with Crippen LogP contribution in [-0.2, 0) is 4.79 Å². The molecule has 5 heteroatoms. The number of benzene rings is 3. The summed E-state index contributed by atoms with van der Waals surface area (Å²) in [6.07, 6.45) is 0. The highest BCUT2D eigenvalue weighted by atomic mass is 16.2. The first kappa shape index (κ1) is 21.2. The number of nitrogens with zero attached hydrogens (tertiary/aromatic N) is 2. The molecule has 0 bridgehead atoms. The summed E-state index contributed by atoms with van der Waals surface area (Å²) in [5.41, 5.74) is 7.88. The lowest BCUT2D eigenvalue weighted by molar-refractivity contribution is -0.114. The van der Waals surface area contributed by atoms with Gasteiger partial charge in [0.15, 0.2) is 0 Å². The van der Waals surface area contributed by atoms with Crippen LogP contribution in [0.1, 0.15) is 16.7 Å². The van der Waals surface area contributed by atoms with Crippen LogP contribution < -0.4 is 10.6 Å². The van der Waals surface area contributed by atoms with Crippen molar-refractivity contribution >= 4 is 17.5 Å². The minimum absolute atomic E-state index is 0.128. The Kier molecular flexibility index (Phi) is 6.26. The third kappa shape index (κ3) is 5.01. The number of aromatic nitrogens is 2. The summed E-state index contributed by atoms with van der Waals surface area (Å²) >= 11 is 0. The van der Waals surface area contributed by atoms with Gasteiger partial charge in [0.25, 0.3) is 0 Å². The first-order chi connectivity index (χ1) is 15.5. The van der Waals surface area contributed by atoms with E-state index in [1.807, 2.05) is 86.6 Å². The zero-order valence-electron chi connectivity index (χ0n) is 18.5. The lowest BCUT2D eigenvalue weighted by atomic mass is 10.1. The summed E-state index contributed by atoms with van der Waals surface area (Å²) in [6.45, 7) is 6.27. The third-order valence-electron chi connectivity index (χ3n) is 5.44. The molecule has 0 atom stereocenters. The number of anilines is 2. The molecule has 0 spiro atoms. The number of nitrogens with one attached hydrogen (secondary N) is 2. The predicted octanol–water partition coefficient (Wildman–Crippen LogP) is 5.79. The van der Waals surface area contributed by atoms with Gasteiger partial charge in [0, 0.05) is 16.8 Å². The Morgan fingerprint density at radius 1 is 0.781 bits per heavy atom. The molecule has 0 aliphatic rings. The summed E-state index contributed by atoms with van der Waals surface area (Å²) in [4.78, 5) is 21.9. The fourth-order valence-electron chi connectivity index (χ4n) is 3.42. The third-order valence-corrected chi connectivity index (χ3v) is 5.44. The summed E-state index contributed by atoms with van der Waals surface area (Å²) in [6, 6.07) is 26.0. The van der Waals surface area contributed by atoms with Crippen molar-refractivity contribution in [2.75, 3.05) is 17.2 Å². The minimum atomic E-state index is -0.203. The zero-order chi connectivity index (χ0) is 22.5. The van der Waals surface area contributed by atoms with Crippen molar-refractivity contribution in [3.63, 3.8) is 0 Å². The Labute approximate surface area is 188 Å². The predicted molar refractivity (Wildman–Crippen MR) is 131 cm³/mol. The highest BCUT2D eigenvalue weighted by Crippen LogP contribution is 2.25. The van der Waals surface area contributed by atoms with Crippen molar-refractivity contribution in [1.29, 1.82) is 0 Å². The van der Waals surface area contributed by atoms with Crippen LogP contribution in [0.15, 0.2) is 78.9 Å². The molecule has 0 aliphatic heterocycles. The topological polar surface area (TPSA) is 66.9 Å². The fraction of sp³-hybridized carbons (Fsp3) is 0.148. The van der Waals surface area contributed by atoms with Gasteiger partial charge in [-0.15, -0.1) is 0 Å². The largest absolute Gasteiger partial charge is 0.376 e. The van der Waals surface area contributed by atoms with E-state index in [0.717, 1.165) is 33.8 Å². The molecule has 0 aliphatic carbocycles. The highest BCUT2D eigenvalue weighted by molar-refractivity contribution is 5.93. The molecule has 0 unspecified atom stereocenters. The molecule has 4 rings (SSSR count). The van der Waals surface area contributed by atoms with Crippen molar-refractivity contribution in [2.45, 2.75) is 20.8 Å². The van der Waals surface area contributed by atoms with E-state index < -0.39 is 0 Å². The van der Waals surface area contributed by atoms with Gasteiger partial charge in [-0.1, -0.05) is 72.3 Å². The number of rotatable bonds is 6. The maximum atomic E-state index is 12.7. The first-order valence-corrected chi connectivity index (χ1v) is 10.6. The molecule has 0 saturated heterocycles. The van der Waals surface area contributed by atoms with E-state index in [4.69, 9.17) is 0 Å². The smallest absolute Gasteiger partial charge is 0.246 e. The van der Waals surface area contributed by atoms with Crippen molar-refractivity contribution in [3.8, 4) is 22.5 Å². The molecule has 1 aromatic heterocycles.